The van der Waals surface area contributed by atoms with Crippen LogP contribution in [0.5, 0.6) is 0 Å². The zero-order valence-corrected chi connectivity index (χ0v) is 14.0. The second-order valence-corrected chi connectivity index (χ2v) is 6.11. The van der Waals surface area contributed by atoms with E-state index in [2.05, 4.69) is 0 Å². The van der Waals surface area contributed by atoms with E-state index in [1.807, 2.05) is 53.7 Å². The van der Waals surface area contributed by atoms with Gasteiger partial charge in [-0.15, -0.1) is 0 Å². The first-order chi connectivity index (χ1) is 9.26. The van der Waals surface area contributed by atoms with Crippen LogP contribution in [0, 0.1) is 6.92 Å². The Morgan fingerprint density at radius 1 is 1.20 bits per heavy atom. The molecular weight excluding hydrogens is 274 g/mol. The monoisotopic (exact) mass is 297 g/mol. The molecule has 3 nitrogen and oxygen atoms in total. The fourth-order valence-corrected chi connectivity index (χ4v) is 2.19. The number of ether oxygens (including phenoxy) is 1. The van der Waals surface area contributed by atoms with Crippen molar-refractivity contribution in [3.8, 4) is 0 Å². The Kier molecular flexibility index (Phi) is 5.46. The van der Waals surface area contributed by atoms with E-state index in [1.165, 1.54) is 0 Å². The standard InChI is InChI=1S/C14H18ClNO2.C2H6/c1-9-5-10-7-16(8-11(10)6-12(9)15)13(17)18-14(2,3)4;1-2/h5-6H,7-8H2,1-4H3;1-2H3. The van der Waals surface area contributed by atoms with Crippen LogP contribution in [-0.2, 0) is 17.8 Å². The van der Waals surface area contributed by atoms with E-state index in [-0.39, 0.29) is 6.09 Å². The molecule has 2 rings (SSSR count). The van der Waals surface area contributed by atoms with E-state index in [9.17, 15) is 4.79 Å². The van der Waals surface area contributed by atoms with E-state index in [0.717, 1.165) is 21.7 Å². The molecule has 1 heterocycles. The molecule has 1 aliphatic rings. The molecule has 0 bridgehead atoms. The molecule has 0 saturated carbocycles. The van der Waals surface area contributed by atoms with Crippen LogP contribution in [0.4, 0.5) is 4.79 Å². The van der Waals surface area contributed by atoms with E-state index in [0.29, 0.717) is 13.1 Å². The molecule has 0 fully saturated rings. The van der Waals surface area contributed by atoms with Crippen molar-refractivity contribution in [2.75, 3.05) is 0 Å². The maximum absolute atomic E-state index is 12.0. The summed E-state index contributed by atoms with van der Waals surface area (Å²) in [5.41, 5.74) is 2.85. The molecule has 20 heavy (non-hydrogen) atoms. The average Bonchev–Trinajstić information content (AvgIpc) is 2.73. The number of hydrogen-bond acceptors (Lipinski definition) is 2. The number of hydrogen-bond donors (Lipinski definition) is 0. The predicted molar refractivity (Wildman–Crippen MR) is 83.0 cm³/mol. The van der Waals surface area contributed by atoms with Crippen LogP contribution in [-0.4, -0.2) is 16.6 Å². The maximum Gasteiger partial charge on any atom is 0.410 e. The van der Waals surface area contributed by atoms with Crippen molar-refractivity contribution >= 4 is 17.7 Å². The Hall–Kier alpha value is -1.22. The molecule has 1 aliphatic heterocycles. The molecule has 0 aromatic heterocycles. The van der Waals surface area contributed by atoms with E-state index in [1.54, 1.807) is 4.90 Å². The summed E-state index contributed by atoms with van der Waals surface area (Å²) in [5.74, 6) is 0. The highest BCUT2D eigenvalue weighted by Gasteiger charge is 2.28. The highest BCUT2D eigenvalue weighted by atomic mass is 35.5. The first-order valence-corrected chi connectivity index (χ1v) is 7.40. The molecule has 1 amide bonds. The predicted octanol–water partition coefficient (Wildman–Crippen LogP) is 4.93. The van der Waals surface area contributed by atoms with Gasteiger partial charge in [0.15, 0.2) is 0 Å². The van der Waals surface area contributed by atoms with Crippen molar-refractivity contribution < 1.29 is 9.53 Å². The van der Waals surface area contributed by atoms with Gasteiger partial charge >= 0.3 is 6.09 Å². The van der Waals surface area contributed by atoms with Crippen LogP contribution < -0.4 is 0 Å². The van der Waals surface area contributed by atoms with Crippen LogP contribution in [0.3, 0.4) is 0 Å². The minimum Gasteiger partial charge on any atom is -0.444 e. The summed E-state index contributed by atoms with van der Waals surface area (Å²) in [6, 6.07) is 3.98. The van der Waals surface area contributed by atoms with Crippen molar-refractivity contribution in [1.29, 1.82) is 0 Å². The molecule has 1 aromatic carbocycles. The summed E-state index contributed by atoms with van der Waals surface area (Å²) in [5, 5.41) is 0.750. The fraction of sp³-hybridized carbons (Fsp3) is 0.562. The molecule has 112 valence electrons. The van der Waals surface area contributed by atoms with Gasteiger partial charge in [0.25, 0.3) is 0 Å². The van der Waals surface area contributed by atoms with Crippen LogP contribution in [0.15, 0.2) is 12.1 Å². The fourth-order valence-electron chi connectivity index (χ4n) is 2.00. The van der Waals surface area contributed by atoms with Crippen molar-refractivity contribution in [3.63, 3.8) is 0 Å². The molecular formula is C16H24ClNO2. The Morgan fingerprint density at radius 2 is 1.70 bits per heavy atom. The number of rotatable bonds is 0. The summed E-state index contributed by atoms with van der Waals surface area (Å²) < 4.78 is 5.37. The normalized spacial score (nSPS) is 13.4. The third-order valence-electron chi connectivity index (χ3n) is 2.85. The van der Waals surface area contributed by atoms with Gasteiger partial charge in [0.1, 0.15) is 5.60 Å². The second kappa shape index (κ2) is 6.49. The second-order valence-electron chi connectivity index (χ2n) is 5.71. The third kappa shape index (κ3) is 4.14. The molecule has 0 N–H and O–H groups in total. The average molecular weight is 298 g/mol. The Morgan fingerprint density at radius 3 is 2.20 bits per heavy atom. The van der Waals surface area contributed by atoms with Gasteiger partial charge < -0.3 is 4.74 Å². The van der Waals surface area contributed by atoms with E-state index >= 15 is 0 Å². The number of halogens is 1. The topological polar surface area (TPSA) is 29.5 Å². The number of carbonyl (C=O) groups is 1. The van der Waals surface area contributed by atoms with Crippen LogP contribution in [0.2, 0.25) is 5.02 Å². The quantitative estimate of drug-likeness (QED) is 0.680. The maximum atomic E-state index is 12.0. The SMILES string of the molecule is CC.Cc1cc2c(cc1Cl)CN(C(=O)OC(C)(C)C)C2. The minimum atomic E-state index is -0.459. The van der Waals surface area contributed by atoms with Crippen molar-refractivity contribution in [1.82, 2.24) is 4.90 Å². The Labute approximate surface area is 126 Å². The third-order valence-corrected chi connectivity index (χ3v) is 3.26. The van der Waals surface area contributed by atoms with Crippen molar-refractivity contribution in [3.05, 3.63) is 33.8 Å². The van der Waals surface area contributed by atoms with Gasteiger partial charge in [-0.2, -0.15) is 0 Å². The number of benzene rings is 1. The van der Waals surface area contributed by atoms with E-state index in [4.69, 9.17) is 16.3 Å². The highest BCUT2D eigenvalue weighted by Crippen LogP contribution is 2.29. The van der Waals surface area contributed by atoms with Gasteiger partial charge in [0.2, 0.25) is 0 Å². The van der Waals surface area contributed by atoms with Gasteiger partial charge in [0, 0.05) is 18.1 Å². The Balaban J connectivity index is 0.000000956. The number of nitrogens with zero attached hydrogens (tertiary/aromatic N) is 1. The lowest BCUT2D eigenvalue weighted by atomic mass is 10.1. The lowest BCUT2D eigenvalue weighted by Crippen LogP contribution is -2.33. The molecule has 0 spiro atoms. The van der Waals surface area contributed by atoms with Gasteiger partial charge in [-0.3, -0.25) is 4.90 Å². The largest absolute Gasteiger partial charge is 0.444 e. The Bertz CT molecular complexity index is 461. The molecule has 0 radical (unpaired) electrons. The van der Waals surface area contributed by atoms with Crippen molar-refractivity contribution in [2.24, 2.45) is 0 Å². The number of amides is 1. The van der Waals surface area contributed by atoms with Crippen LogP contribution in [0.1, 0.15) is 51.3 Å². The van der Waals surface area contributed by atoms with Gasteiger partial charge in [-0.05, 0) is 50.5 Å². The van der Waals surface area contributed by atoms with Gasteiger partial charge in [0.05, 0.1) is 0 Å². The summed E-state index contributed by atoms with van der Waals surface area (Å²) in [6.45, 7) is 12.8. The summed E-state index contributed by atoms with van der Waals surface area (Å²) in [4.78, 5) is 13.7. The minimum absolute atomic E-state index is 0.271. The summed E-state index contributed by atoms with van der Waals surface area (Å²) in [6.07, 6.45) is -0.271. The number of fused-ring (bicyclic) bond motifs is 1. The zero-order valence-electron chi connectivity index (χ0n) is 13.2. The first-order valence-electron chi connectivity index (χ1n) is 7.02. The summed E-state index contributed by atoms with van der Waals surface area (Å²) >= 11 is 6.09. The van der Waals surface area contributed by atoms with Crippen LogP contribution in [0.25, 0.3) is 0 Å². The summed E-state index contributed by atoms with van der Waals surface area (Å²) in [7, 11) is 0. The highest BCUT2D eigenvalue weighted by molar-refractivity contribution is 6.31. The molecule has 0 saturated heterocycles. The lowest BCUT2D eigenvalue weighted by Gasteiger charge is -2.24. The molecule has 1 aromatic rings. The molecule has 4 heteroatoms. The zero-order chi connectivity index (χ0) is 15.5. The molecule has 0 aliphatic carbocycles. The lowest BCUT2D eigenvalue weighted by molar-refractivity contribution is 0.0242. The van der Waals surface area contributed by atoms with Gasteiger partial charge in [-0.25, -0.2) is 4.79 Å². The molecule has 0 unspecified atom stereocenters. The van der Waals surface area contributed by atoms with Gasteiger partial charge in [-0.1, -0.05) is 31.5 Å². The number of aryl methyl sites for hydroxylation is 1. The first kappa shape index (κ1) is 16.8. The number of carbonyl (C=O) groups excluding carboxylic acids is 1. The van der Waals surface area contributed by atoms with Crippen molar-refractivity contribution in [2.45, 2.75) is 60.2 Å². The molecule has 0 atom stereocenters. The van der Waals surface area contributed by atoms with E-state index < -0.39 is 5.60 Å². The smallest absolute Gasteiger partial charge is 0.410 e. The van der Waals surface area contributed by atoms with Crippen LogP contribution >= 0.6 is 11.6 Å².